The van der Waals surface area contributed by atoms with E-state index >= 15 is 0 Å². The Morgan fingerprint density at radius 1 is 0.944 bits per heavy atom. The number of ketones is 1. The van der Waals surface area contributed by atoms with Crippen LogP contribution in [-0.4, -0.2) is 5.78 Å². The second-order valence-electron chi connectivity index (χ2n) is 4.65. The zero-order valence-electron chi connectivity index (χ0n) is 10.9. The molecule has 0 bridgehead atoms. The summed E-state index contributed by atoms with van der Waals surface area (Å²) in [5, 5.41) is 0. The van der Waals surface area contributed by atoms with Gasteiger partial charge in [-0.15, -0.1) is 11.3 Å². The molecule has 94 valence electrons. The van der Waals surface area contributed by atoms with E-state index in [4.69, 9.17) is 0 Å². The highest BCUT2D eigenvalue weighted by atomic mass is 79.9. The fourth-order valence-corrected chi connectivity index (χ4v) is 3.40. The van der Waals surface area contributed by atoms with Gasteiger partial charge in [0.25, 0.3) is 0 Å². The summed E-state index contributed by atoms with van der Waals surface area (Å²) in [6.07, 6.45) is 0. The first-order valence-electron chi connectivity index (χ1n) is 5.78. The first-order valence-corrected chi connectivity index (χ1v) is 7.39. The second-order valence-corrected chi connectivity index (χ2v) is 7.02. The van der Waals surface area contributed by atoms with Gasteiger partial charge in [0, 0.05) is 5.56 Å². The van der Waals surface area contributed by atoms with E-state index in [1.165, 1.54) is 16.9 Å². The number of aryl methyl sites for hydroxylation is 4. The molecule has 0 radical (unpaired) electrons. The summed E-state index contributed by atoms with van der Waals surface area (Å²) in [6, 6.07) is 6.03. The Hall–Kier alpha value is -0.930. The van der Waals surface area contributed by atoms with E-state index in [9.17, 15) is 4.79 Å². The SMILES string of the molecule is Cc1cc(C)c(C(=O)c2cc(C)c(Br)s2)cc1C. The summed E-state index contributed by atoms with van der Waals surface area (Å²) >= 11 is 4.97. The minimum atomic E-state index is 0.120. The number of carbonyl (C=O) groups is 1. The van der Waals surface area contributed by atoms with Gasteiger partial charge in [-0.3, -0.25) is 4.79 Å². The number of thiophene rings is 1. The highest BCUT2D eigenvalue weighted by Crippen LogP contribution is 2.30. The van der Waals surface area contributed by atoms with Crippen LogP contribution in [0.15, 0.2) is 22.0 Å². The van der Waals surface area contributed by atoms with Gasteiger partial charge in [0.1, 0.15) is 0 Å². The van der Waals surface area contributed by atoms with Crippen molar-refractivity contribution in [2.45, 2.75) is 27.7 Å². The van der Waals surface area contributed by atoms with Gasteiger partial charge in [0.2, 0.25) is 5.78 Å². The van der Waals surface area contributed by atoms with Gasteiger partial charge in [0.05, 0.1) is 8.66 Å². The third-order valence-corrected chi connectivity index (χ3v) is 5.30. The Balaban J connectivity index is 2.49. The van der Waals surface area contributed by atoms with Crippen LogP contribution in [-0.2, 0) is 0 Å². The molecular formula is C15H15BrOS. The van der Waals surface area contributed by atoms with Crippen LogP contribution >= 0.6 is 27.3 Å². The maximum Gasteiger partial charge on any atom is 0.203 e. The number of benzene rings is 1. The van der Waals surface area contributed by atoms with Gasteiger partial charge in [0.15, 0.2) is 0 Å². The first kappa shape index (κ1) is 13.5. The van der Waals surface area contributed by atoms with Crippen LogP contribution in [0.4, 0.5) is 0 Å². The molecule has 18 heavy (non-hydrogen) atoms. The van der Waals surface area contributed by atoms with Crippen LogP contribution in [0.25, 0.3) is 0 Å². The highest BCUT2D eigenvalue weighted by Gasteiger charge is 2.16. The minimum absolute atomic E-state index is 0.120. The van der Waals surface area contributed by atoms with E-state index < -0.39 is 0 Å². The van der Waals surface area contributed by atoms with Crippen LogP contribution in [0.3, 0.4) is 0 Å². The molecule has 0 amide bonds. The molecule has 2 rings (SSSR count). The molecule has 2 aromatic rings. The summed E-state index contributed by atoms with van der Waals surface area (Å²) in [5.41, 5.74) is 5.37. The zero-order chi connectivity index (χ0) is 13.4. The van der Waals surface area contributed by atoms with Crippen LogP contribution in [0.1, 0.15) is 37.5 Å². The largest absolute Gasteiger partial charge is 0.288 e. The van der Waals surface area contributed by atoms with E-state index in [2.05, 4.69) is 28.9 Å². The molecule has 0 aliphatic rings. The molecule has 0 atom stereocenters. The Labute approximate surface area is 120 Å². The standard InChI is InChI=1S/C15H15BrOS/c1-8-5-10(3)12(6-9(8)2)14(17)13-7-11(4)15(16)18-13/h5-7H,1-4H3. The Morgan fingerprint density at radius 3 is 2.11 bits per heavy atom. The molecule has 1 nitrogen and oxygen atoms in total. The molecule has 1 aromatic heterocycles. The van der Waals surface area contributed by atoms with Crippen molar-refractivity contribution in [3.05, 3.63) is 54.7 Å². The van der Waals surface area contributed by atoms with Crippen molar-refractivity contribution in [1.82, 2.24) is 0 Å². The van der Waals surface area contributed by atoms with Crippen molar-refractivity contribution in [3.63, 3.8) is 0 Å². The third-order valence-electron chi connectivity index (χ3n) is 3.17. The van der Waals surface area contributed by atoms with Gasteiger partial charge >= 0.3 is 0 Å². The van der Waals surface area contributed by atoms with E-state index in [1.807, 2.05) is 32.9 Å². The van der Waals surface area contributed by atoms with Crippen molar-refractivity contribution in [3.8, 4) is 0 Å². The lowest BCUT2D eigenvalue weighted by molar-refractivity contribution is 0.104. The Bertz CT molecular complexity index is 606. The molecule has 0 fully saturated rings. The molecule has 0 N–H and O–H groups in total. The van der Waals surface area contributed by atoms with Crippen molar-refractivity contribution >= 4 is 33.0 Å². The van der Waals surface area contributed by atoms with Crippen molar-refractivity contribution in [1.29, 1.82) is 0 Å². The topological polar surface area (TPSA) is 17.1 Å². The van der Waals surface area contributed by atoms with Crippen LogP contribution in [0, 0.1) is 27.7 Å². The number of rotatable bonds is 2. The molecular weight excluding hydrogens is 308 g/mol. The van der Waals surface area contributed by atoms with E-state index in [0.717, 1.165) is 30.9 Å². The molecule has 1 heterocycles. The second kappa shape index (κ2) is 4.98. The molecule has 0 unspecified atom stereocenters. The molecule has 0 aliphatic carbocycles. The lowest BCUT2D eigenvalue weighted by atomic mass is 9.97. The summed E-state index contributed by atoms with van der Waals surface area (Å²) in [5.74, 6) is 0.120. The predicted octanol–water partition coefficient (Wildman–Crippen LogP) is 4.98. The fraction of sp³-hybridized carbons (Fsp3) is 0.267. The molecule has 0 saturated carbocycles. The minimum Gasteiger partial charge on any atom is -0.288 e. The molecule has 0 spiro atoms. The number of hydrogen-bond donors (Lipinski definition) is 0. The van der Waals surface area contributed by atoms with E-state index in [1.54, 1.807) is 0 Å². The third kappa shape index (κ3) is 2.43. The lowest BCUT2D eigenvalue weighted by Gasteiger charge is -2.07. The number of halogens is 1. The number of hydrogen-bond acceptors (Lipinski definition) is 2. The average Bonchev–Trinajstić information content (AvgIpc) is 2.63. The maximum absolute atomic E-state index is 12.5. The van der Waals surface area contributed by atoms with Crippen LogP contribution in [0.5, 0.6) is 0 Å². The maximum atomic E-state index is 12.5. The molecule has 3 heteroatoms. The first-order chi connectivity index (χ1) is 8.40. The van der Waals surface area contributed by atoms with Crippen molar-refractivity contribution < 1.29 is 4.79 Å². The van der Waals surface area contributed by atoms with Crippen molar-refractivity contribution in [2.75, 3.05) is 0 Å². The van der Waals surface area contributed by atoms with Gasteiger partial charge in [-0.2, -0.15) is 0 Å². The number of carbonyl (C=O) groups excluding carboxylic acids is 1. The molecule has 0 saturated heterocycles. The normalized spacial score (nSPS) is 10.7. The van der Waals surface area contributed by atoms with E-state index in [-0.39, 0.29) is 5.78 Å². The predicted molar refractivity (Wildman–Crippen MR) is 80.8 cm³/mol. The smallest absolute Gasteiger partial charge is 0.203 e. The average molecular weight is 323 g/mol. The highest BCUT2D eigenvalue weighted by molar-refractivity contribution is 9.11. The summed E-state index contributed by atoms with van der Waals surface area (Å²) in [6.45, 7) is 8.11. The van der Waals surface area contributed by atoms with Gasteiger partial charge in [-0.05, 0) is 78.0 Å². The van der Waals surface area contributed by atoms with Gasteiger partial charge in [-0.1, -0.05) is 6.07 Å². The van der Waals surface area contributed by atoms with Crippen molar-refractivity contribution in [2.24, 2.45) is 0 Å². The summed E-state index contributed by atoms with van der Waals surface area (Å²) in [7, 11) is 0. The van der Waals surface area contributed by atoms with Gasteiger partial charge < -0.3 is 0 Å². The molecule has 0 aliphatic heterocycles. The molecule has 1 aromatic carbocycles. The summed E-state index contributed by atoms with van der Waals surface area (Å²) in [4.78, 5) is 13.3. The fourth-order valence-electron chi connectivity index (χ4n) is 1.91. The zero-order valence-corrected chi connectivity index (χ0v) is 13.3. The van der Waals surface area contributed by atoms with Crippen LogP contribution < -0.4 is 0 Å². The Morgan fingerprint density at radius 2 is 1.56 bits per heavy atom. The quantitative estimate of drug-likeness (QED) is 0.713. The van der Waals surface area contributed by atoms with E-state index in [0.29, 0.717) is 0 Å². The lowest BCUT2D eigenvalue weighted by Crippen LogP contribution is -2.03. The monoisotopic (exact) mass is 322 g/mol. The summed E-state index contributed by atoms with van der Waals surface area (Å²) < 4.78 is 1.03. The Kier molecular flexibility index (Phi) is 3.74. The van der Waals surface area contributed by atoms with Gasteiger partial charge in [-0.25, -0.2) is 0 Å². The van der Waals surface area contributed by atoms with Crippen LogP contribution in [0.2, 0.25) is 0 Å².